The molecule has 1 saturated heterocycles. The van der Waals surface area contributed by atoms with Gasteiger partial charge in [0.15, 0.2) is 5.65 Å². The number of anilines is 1. The smallest absolute Gasteiger partial charge is 0.410 e. The number of pyridine rings is 1. The molecule has 9 nitrogen and oxygen atoms in total. The van der Waals surface area contributed by atoms with Crippen molar-refractivity contribution in [2.75, 3.05) is 31.1 Å². The Hall–Kier alpha value is -4.50. The van der Waals surface area contributed by atoms with E-state index in [4.69, 9.17) is 9.72 Å². The van der Waals surface area contributed by atoms with Crippen molar-refractivity contribution in [3.63, 3.8) is 0 Å². The summed E-state index contributed by atoms with van der Waals surface area (Å²) in [7, 11) is 0. The fourth-order valence-corrected chi connectivity index (χ4v) is 5.08. The van der Waals surface area contributed by atoms with Gasteiger partial charge in [0.2, 0.25) is 0 Å². The standard InChI is InChI=1S/C31H32N6O3/c1-31(2,3)40-30(39)36-14-12-35(13-15-36)24-7-5-22(6-8-24)23-17-33-29-27(18-34-37(29)19-23)25-10-11-32-28-16-21(20-38)4-9-26(25)28/h4-11,16-19,38H,12-15,20H2,1-3H3. The topological polar surface area (TPSA) is 96.1 Å². The first-order valence-corrected chi connectivity index (χ1v) is 13.4. The molecule has 3 aromatic heterocycles. The van der Waals surface area contributed by atoms with Gasteiger partial charge in [0.05, 0.1) is 18.3 Å². The maximum atomic E-state index is 12.4. The molecule has 0 radical (unpaired) electrons. The maximum Gasteiger partial charge on any atom is 0.410 e. The lowest BCUT2D eigenvalue weighted by Gasteiger charge is -2.36. The van der Waals surface area contributed by atoms with Crippen LogP contribution in [0.4, 0.5) is 10.5 Å². The second kappa shape index (κ2) is 10.2. The summed E-state index contributed by atoms with van der Waals surface area (Å²) in [6.07, 6.45) is 7.23. The Kier molecular flexibility index (Phi) is 6.59. The van der Waals surface area contributed by atoms with Crippen LogP contribution in [0.25, 0.3) is 38.8 Å². The monoisotopic (exact) mass is 536 g/mol. The molecule has 1 amide bonds. The van der Waals surface area contributed by atoms with Gasteiger partial charge in [0.1, 0.15) is 5.60 Å². The lowest BCUT2D eigenvalue weighted by molar-refractivity contribution is 0.0240. The normalized spacial score (nSPS) is 14.2. The molecule has 1 aliphatic rings. The minimum atomic E-state index is -0.488. The van der Waals surface area contributed by atoms with Crippen molar-refractivity contribution in [1.29, 1.82) is 0 Å². The molecule has 1 aliphatic heterocycles. The van der Waals surface area contributed by atoms with Gasteiger partial charge < -0.3 is 19.6 Å². The third kappa shape index (κ3) is 5.08. The number of amides is 1. The summed E-state index contributed by atoms with van der Waals surface area (Å²) in [4.78, 5) is 25.7. The number of carbonyl (C=O) groups excluding carboxylic acids is 1. The zero-order valence-electron chi connectivity index (χ0n) is 22.9. The summed E-state index contributed by atoms with van der Waals surface area (Å²) in [5, 5.41) is 15.1. The van der Waals surface area contributed by atoms with Gasteiger partial charge in [-0.1, -0.05) is 24.3 Å². The molecular formula is C31H32N6O3. The highest BCUT2D eigenvalue weighted by Crippen LogP contribution is 2.31. The van der Waals surface area contributed by atoms with Gasteiger partial charge >= 0.3 is 6.09 Å². The van der Waals surface area contributed by atoms with E-state index < -0.39 is 5.60 Å². The average molecular weight is 537 g/mol. The third-order valence-corrected chi connectivity index (χ3v) is 7.13. The molecule has 9 heteroatoms. The van der Waals surface area contributed by atoms with Crippen LogP contribution in [0.15, 0.2) is 73.3 Å². The molecule has 1 N–H and O–H groups in total. The summed E-state index contributed by atoms with van der Waals surface area (Å²) >= 11 is 0. The quantitative estimate of drug-likeness (QED) is 0.339. The maximum absolute atomic E-state index is 12.4. The Morgan fingerprint density at radius 1 is 0.925 bits per heavy atom. The summed E-state index contributed by atoms with van der Waals surface area (Å²) in [6.45, 7) is 8.42. The number of nitrogens with zero attached hydrogens (tertiary/aromatic N) is 6. The molecule has 0 bridgehead atoms. The summed E-state index contributed by atoms with van der Waals surface area (Å²) < 4.78 is 7.32. The molecule has 0 spiro atoms. The highest BCUT2D eigenvalue weighted by Gasteiger charge is 2.26. The SMILES string of the molecule is CC(C)(C)OC(=O)N1CCN(c2ccc(-c3cnc4c(-c5ccnc6cc(CO)ccc56)cnn4c3)cc2)CC1. The zero-order chi connectivity index (χ0) is 27.9. The largest absolute Gasteiger partial charge is 0.444 e. The van der Waals surface area contributed by atoms with Gasteiger partial charge in [-0.05, 0) is 61.7 Å². The first-order chi connectivity index (χ1) is 19.3. The number of ether oxygens (including phenoxy) is 1. The number of benzene rings is 2. The average Bonchev–Trinajstić information content (AvgIpc) is 3.39. The predicted octanol–water partition coefficient (Wildman–Crippen LogP) is 5.16. The molecule has 5 aromatic rings. The van der Waals surface area contributed by atoms with E-state index in [0.29, 0.717) is 13.1 Å². The minimum Gasteiger partial charge on any atom is -0.444 e. The van der Waals surface area contributed by atoms with Gasteiger partial charge in [0, 0.05) is 67.0 Å². The molecule has 0 unspecified atom stereocenters. The number of carbonyl (C=O) groups is 1. The highest BCUT2D eigenvalue weighted by atomic mass is 16.6. The summed E-state index contributed by atoms with van der Waals surface area (Å²) in [5.74, 6) is 0. The molecule has 204 valence electrons. The Morgan fingerprint density at radius 2 is 1.70 bits per heavy atom. The first-order valence-electron chi connectivity index (χ1n) is 13.4. The van der Waals surface area contributed by atoms with Crippen molar-refractivity contribution in [2.45, 2.75) is 33.0 Å². The van der Waals surface area contributed by atoms with E-state index in [1.54, 1.807) is 11.1 Å². The second-order valence-electron chi connectivity index (χ2n) is 11.0. The summed E-state index contributed by atoms with van der Waals surface area (Å²) in [6, 6.07) is 16.2. The number of aliphatic hydroxyl groups excluding tert-OH is 1. The molecule has 40 heavy (non-hydrogen) atoms. The first kappa shape index (κ1) is 25.8. The molecule has 0 aliphatic carbocycles. The van der Waals surface area contributed by atoms with E-state index in [2.05, 4.69) is 39.2 Å². The van der Waals surface area contributed by atoms with Gasteiger partial charge in [-0.25, -0.2) is 14.3 Å². The molecule has 2 aromatic carbocycles. The van der Waals surface area contributed by atoms with Crippen molar-refractivity contribution >= 4 is 28.3 Å². The highest BCUT2D eigenvalue weighted by molar-refractivity contribution is 5.97. The fourth-order valence-electron chi connectivity index (χ4n) is 5.08. The van der Waals surface area contributed by atoms with Crippen LogP contribution in [0.2, 0.25) is 0 Å². The van der Waals surface area contributed by atoms with Gasteiger partial charge in [-0.2, -0.15) is 5.10 Å². The molecule has 0 atom stereocenters. The Morgan fingerprint density at radius 3 is 2.42 bits per heavy atom. The number of hydrogen-bond donors (Lipinski definition) is 1. The summed E-state index contributed by atoms with van der Waals surface area (Å²) in [5.41, 5.74) is 7.00. The number of fused-ring (bicyclic) bond motifs is 2. The van der Waals surface area contributed by atoms with Crippen LogP contribution in [0.5, 0.6) is 0 Å². The van der Waals surface area contributed by atoms with Crippen molar-refractivity contribution in [1.82, 2.24) is 24.5 Å². The van der Waals surface area contributed by atoms with Crippen molar-refractivity contribution in [2.24, 2.45) is 0 Å². The molecular weight excluding hydrogens is 504 g/mol. The number of hydrogen-bond acceptors (Lipinski definition) is 7. The van der Waals surface area contributed by atoms with Crippen molar-refractivity contribution < 1.29 is 14.6 Å². The van der Waals surface area contributed by atoms with Crippen LogP contribution >= 0.6 is 0 Å². The Bertz CT molecular complexity index is 1680. The van der Waals surface area contributed by atoms with Crippen LogP contribution in [-0.2, 0) is 11.3 Å². The third-order valence-electron chi connectivity index (χ3n) is 7.13. The van der Waals surface area contributed by atoms with Crippen molar-refractivity contribution in [3.8, 4) is 22.3 Å². The Balaban J connectivity index is 1.19. The number of rotatable bonds is 4. The van der Waals surface area contributed by atoms with Crippen LogP contribution in [-0.4, -0.2) is 67.5 Å². The van der Waals surface area contributed by atoms with E-state index in [9.17, 15) is 9.90 Å². The lowest BCUT2D eigenvalue weighted by Crippen LogP contribution is -2.50. The van der Waals surface area contributed by atoms with Crippen LogP contribution in [0, 0.1) is 0 Å². The molecule has 1 fully saturated rings. The molecule has 0 saturated carbocycles. The van der Waals surface area contributed by atoms with E-state index in [-0.39, 0.29) is 12.7 Å². The minimum absolute atomic E-state index is 0.0192. The van der Waals surface area contributed by atoms with Gasteiger partial charge in [-0.3, -0.25) is 4.98 Å². The number of aliphatic hydroxyl groups is 1. The number of piperazine rings is 1. The van der Waals surface area contributed by atoms with Crippen LogP contribution in [0.1, 0.15) is 26.3 Å². The lowest BCUT2D eigenvalue weighted by atomic mass is 10.0. The molecule has 4 heterocycles. The second-order valence-corrected chi connectivity index (χ2v) is 11.0. The fraction of sp³-hybridized carbons (Fsp3) is 0.290. The zero-order valence-corrected chi connectivity index (χ0v) is 22.9. The molecule has 6 rings (SSSR count). The predicted molar refractivity (Wildman–Crippen MR) is 155 cm³/mol. The van der Waals surface area contributed by atoms with E-state index in [0.717, 1.165) is 63.1 Å². The van der Waals surface area contributed by atoms with Gasteiger partial charge in [-0.15, -0.1) is 0 Å². The van der Waals surface area contributed by atoms with Gasteiger partial charge in [0.25, 0.3) is 0 Å². The van der Waals surface area contributed by atoms with E-state index in [1.165, 1.54) is 0 Å². The van der Waals surface area contributed by atoms with E-state index in [1.807, 2.05) is 68.1 Å². The number of aromatic nitrogens is 4. The van der Waals surface area contributed by atoms with Crippen LogP contribution in [0.3, 0.4) is 0 Å². The Labute approximate surface area is 232 Å². The van der Waals surface area contributed by atoms with Crippen LogP contribution < -0.4 is 4.90 Å². The van der Waals surface area contributed by atoms with Crippen molar-refractivity contribution in [3.05, 3.63) is 78.9 Å². The van der Waals surface area contributed by atoms with E-state index >= 15 is 0 Å².